The van der Waals surface area contributed by atoms with Gasteiger partial charge in [0.15, 0.2) is 0 Å². The maximum Gasteiger partial charge on any atom is 0.355 e. The predicted octanol–water partition coefficient (Wildman–Crippen LogP) is 3.21. The minimum Gasteiger partial charge on any atom is -0.497 e. The molecule has 2 aromatic rings. The van der Waals surface area contributed by atoms with Crippen LogP contribution in [0.1, 0.15) is 18.1 Å². The molecule has 2 aliphatic rings. The Bertz CT molecular complexity index is 1140. The van der Waals surface area contributed by atoms with Crippen LogP contribution in [0.3, 0.4) is 0 Å². The van der Waals surface area contributed by atoms with E-state index in [0.717, 1.165) is 11.1 Å². The lowest BCUT2D eigenvalue weighted by Gasteiger charge is -2.49. The first-order chi connectivity index (χ1) is 16.4. The molecule has 2 aromatic carbocycles. The van der Waals surface area contributed by atoms with Crippen LogP contribution in [0.5, 0.6) is 5.75 Å². The lowest BCUT2D eigenvalue weighted by atomic mass is 10.00. The molecule has 7 nitrogen and oxygen atoms in total. The van der Waals surface area contributed by atoms with E-state index in [9.17, 15) is 14.4 Å². The Morgan fingerprint density at radius 3 is 2.47 bits per heavy atom. The molecule has 1 fully saturated rings. The van der Waals surface area contributed by atoms with Gasteiger partial charge in [0.25, 0.3) is 5.91 Å². The fourth-order valence-corrected chi connectivity index (χ4v) is 5.34. The predicted molar refractivity (Wildman–Crippen MR) is 130 cm³/mol. The van der Waals surface area contributed by atoms with E-state index < -0.39 is 12.0 Å². The van der Waals surface area contributed by atoms with E-state index >= 15 is 0 Å². The van der Waals surface area contributed by atoms with Gasteiger partial charge in [-0.15, -0.1) is 11.8 Å². The number of ether oxygens (including phenoxy) is 2. The summed E-state index contributed by atoms with van der Waals surface area (Å²) in [6, 6.07) is 15.9. The standard InChI is InChI=1S/C26H26N2O5S/c1-16(2)20-15-34-25-22(27-21(29)13-17-7-5-4-6-8-17)24(30)28(25)23(20)26(31)33-14-18-9-11-19(32-3)12-10-18/h4-12,22,25H,1,13-15H2,2-3H3,(H,27,29)/t22-,25-/m1/s1. The van der Waals surface area contributed by atoms with Crippen LogP contribution in [-0.2, 0) is 32.1 Å². The molecule has 2 atom stereocenters. The first-order valence-corrected chi connectivity index (χ1v) is 11.9. The zero-order valence-corrected chi connectivity index (χ0v) is 19.9. The lowest BCUT2D eigenvalue weighted by molar-refractivity contribution is -0.153. The molecule has 1 N–H and O–H groups in total. The molecule has 0 bridgehead atoms. The summed E-state index contributed by atoms with van der Waals surface area (Å²) in [5, 5.41) is 2.46. The van der Waals surface area contributed by atoms with E-state index in [1.807, 2.05) is 42.5 Å². The molecule has 0 saturated carbocycles. The highest BCUT2D eigenvalue weighted by molar-refractivity contribution is 8.00. The minimum absolute atomic E-state index is 0.0624. The molecule has 2 amide bonds. The average Bonchev–Trinajstić information content (AvgIpc) is 2.85. The van der Waals surface area contributed by atoms with Crippen molar-refractivity contribution >= 4 is 29.5 Å². The number of methoxy groups -OCH3 is 1. The number of nitrogens with zero attached hydrogens (tertiary/aromatic N) is 1. The van der Waals surface area contributed by atoms with Crippen molar-refractivity contribution < 1.29 is 23.9 Å². The molecular weight excluding hydrogens is 452 g/mol. The number of amides is 2. The summed E-state index contributed by atoms with van der Waals surface area (Å²) in [4.78, 5) is 40.0. The zero-order chi connectivity index (χ0) is 24.2. The smallest absolute Gasteiger partial charge is 0.355 e. The van der Waals surface area contributed by atoms with E-state index in [1.165, 1.54) is 16.7 Å². The van der Waals surface area contributed by atoms with Crippen LogP contribution in [-0.4, -0.2) is 47.0 Å². The lowest BCUT2D eigenvalue weighted by Crippen LogP contribution is -2.70. The number of carbonyl (C=O) groups is 3. The van der Waals surface area contributed by atoms with Crippen molar-refractivity contribution in [3.8, 4) is 5.75 Å². The van der Waals surface area contributed by atoms with Crippen LogP contribution in [0, 0.1) is 0 Å². The van der Waals surface area contributed by atoms with E-state index in [0.29, 0.717) is 22.6 Å². The molecule has 34 heavy (non-hydrogen) atoms. The van der Waals surface area contributed by atoms with Crippen LogP contribution >= 0.6 is 11.8 Å². The molecule has 8 heteroatoms. The number of hydrogen-bond donors (Lipinski definition) is 1. The number of nitrogens with one attached hydrogen (secondary N) is 1. The molecule has 176 valence electrons. The second-order valence-electron chi connectivity index (χ2n) is 8.15. The van der Waals surface area contributed by atoms with Gasteiger partial charge in [-0.25, -0.2) is 4.79 Å². The fraction of sp³-hybridized carbons (Fsp3) is 0.269. The van der Waals surface area contributed by atoms with Crippen LogP contribution in [0.15, 0.2) is 78.0 Å². The van der Waals surface area contributed by atoms with Crippen molar-refractivity contribution in [1.82, 2.24) is 10.2 Å². The maximum absolute atomic E-state index is 13.1. The first-order valence-electron chi connectivity index (χ1n) is 10.9. The summed E-state index contributed by atoms with van der Waals surface area (Å²) in [7, 11) is 1.58. The number of rotatable bonds is 8. The van der Waals surface area contributed by atoms with Crippen LogP contribution < -0.4 is 10.1 Å². The van der Waals surface area contributed by atoms with E-state index in [2.05, 4.69) is 11.9 Å². The van der Waals surface area contributed by atoms with Gasteiger partial charge in [-0.2, -0.15) is 0 Å². The summed E-state index contributed by atoms with van der Waals surface area (Å²) in [5.74, 6) is 0.0707. The third-order valence-corrected chi connectivity index (χ3v) is 7.01. The highest BCUT2D eigenvalue weighted by Crippen LogP contribution is 2.42. The van der Waals surface area contributed by atoms with Gasteiger partial charge < -0.3 is 14.8 Å². The van der Waals surface area contributed by atoms with E-state index in [1.54, 1.807) is 26.2 Å². The Hall–Kier alpha value is -3.52. The van der Waals surface area contributed by atoms with Gasteiger partial charge in [0.05, 0.1) is 13.5 Å². The molecule has 0 spiro atoms. The van der Waals surface area contributed by atoms with Gasteiger partial charge in [-0.1, -0.05) is 54.6 Å². The quantitative estimate of drug-likeness (QED) is 0.463. The normalized spacial score (nSPS) is 19.1. The highest BCUT2D eigenvalue weighted by Gasteiger charge is 2.54. The van der Waals surface area contributed by atoms with Crippen molar-refractivity contribution in [2.45, 2.75) is 31.4 Å². The SMILES string of the molecule is C=C(C)C1=C(C(=O)OCc2ccc(OC)cc2)N2C(=O)[C@@H](NC(=O)Cc3ccccc3)[C@H]2SC1. The van der Waals surface area contributed by atoms with Crippen molar-refractivity contribution in [3.05, 3.63) is 89.1 Å². The van der Waals surface area contributed by atoms with Crippen LogP contribution in [0.2, 0.25) is 0 Å². The van der Waals surface area contributed by atoms with Gasteiger partial charge in [0, 0.05) is 5.75 Å². The van der Waals surface area contributed by atoms with Gasteiger partial charge in [-0.3, -0.25) is 14.5 Å². The van der Waals surface area contributed by atoms with Gasteiger partial charge in [0.1, 0.15) is 29.5 Å². The van der Waals surface area contributed by atoms with Gasteiger partial charge in [-0.05, 0) is 35.8 Å². The molecule has 0 aromatic heterocycles. The third-order valence-electron chi connectivity index (χ3n) is 5.73. The molecule has 2 heterocycles. The monoisotopic (exact) mass is 478 g/mol. The average molecular weight is 479 g/mol. The minimum atomic E-state index is -0.683. The summed E-state index contributed by atoms with van der Waals surface area (Å²) >= 11 is 1.50. The van der Waals surface area contributed by atoms with Crippen LogP contribution in [0.25, 0.3) is 0 Å². The Morgan fingerprint density at radius 2 is 1.82 bits per heavy atom. The molecule has 4 rings (SSSR count). The molecule has 2 aliphatic heterocycles. The number of carbonyl (C=O) groups excluding carboxylic acids is 3. The van der Waals surface area contributed by atoms with Gasteiger partial charge >= 0.3 is 5.97 Å². The Kier molecular flexibility index (Phi) is 7.07. The Morgan fingerprint density at radius 1 is 1.12 bits per heavy atom. The second-order valence-corrected chi connectivity index (χ2v) is 9.25. The fourth-order valence-electron chi connectivity index (χ4n) is 3.88. The molecule has 0 aliphatic carbocycles. The summed E-state index contributed by atoms with van der Waals surface area (Å²) < 4.78 is 10.7. The maximum atomic E-state index is 13.1. The van der Waals surface area contributed by atoms with Crippen molar-refractivity contribution in [1.29, 1.82) is 0 Å². The third kappa shape index (κ3) is 4.87. The van der Waals surface area contributed by atoms with E-state index in [4.69, 9.17) is 9.47 Å². The highest BCUT2D eigenvalue weighted by atomic mass is 32.2. The van der Waals surface area contributed by atoms with E-state index in [-0.39, 0.29) is 35.9 Å². The molecule has 1 saturated heterocycles. The topological polar surface area (TPSA) is 84.9 Å². The number of hydrogen-bond acceptors (Lipinski definition) is 6. The Balaban J connectivity index is 1.45. The number of β-lactam (4-membered cyclic amide) rings is 1. The first kappa shape index (κ1) is 23.6. The van der Waals surface area contributed by atoms with Crippen molar-refractivity contribution in [2.75, 3.05) is 12.9 Å². The number of thioether (sulfide) groups is 1. The molecule has 0 unspecified atom stereocenters. The van der Waals surface area contributed by atoms with Crippen molar-refractivity contribution in [2.24, 2.45) is 0 Å². The number of benzene rings is 2. The number of allylic oxidation sites excluding steroid dienone is 1. The number of esters is 1. The molecule has 0 radical (unpaired) electrons. The number of fused-ring (bicyclic) bond motifs is 1. The largest absolute Gasteiger partial charge is 0.497 e. The summed E-state index contributed by atoms with van der Waals surface area (Å²) in [6.07, 6.45) is 0.186. The summed E-state index contributed by atoms with van der Waals surface area (Å²) in [6.45, 7) is 5.84. The summed E-state index contributed by atoms with van der Waals surface area (Å²) in [5.41, 5.74) is 3.26. The van der Waals surface area contributed by atoms with Crippen molar-refractivity contribution in [3.63, 3.8) is 0 Å². The zero-order valence-electron chi connectivity index (χ0n) is 19.1. The second kappa shape index (κ2) is 10.2. The Labute approximate surface area is 202 Å². The van der Waals surface area contributed by atoms with Gasteiger partial charge in [0.2, 0.25) is 5.91 Å². The molecular formula is C26H26N2O5S. The van der Waals surface area contributed by atoms with Crippen LogP contribution in [0.4, 0.5) is 0 Å².